The van der Waals surface area contributed by atoms with Crippen LogP contribution in [0, 0.1) is 6.92 Å². The fraction of sp³-hybridized carbons (Fsp3) is 0.200. The van der Waals surface area contributed by atoms with Crippen LogP contribution in [0.5, 0.6) is 0 Å². The number of esters is 1. The number of carbonyl (C=O) groups is 2. The minimum Gasteiger partial charge on any atom is -0.456 e. The standard InChI is InChI=1S/C15H15NO3/c1-10-8-13(11(2)17)16-14(10)15(18)19-9-12-6-4-3-5-7-12/h3-8,16H,9H2,1-2H3. The molecule has 0 amide bonds. The lowest BCUT2D eigenvalue weighted by molar-refractivity contribution is 0.0465. The molecule has 0 fully saturated rings. The lowest BCUT2D eigenvalue weighted by atomic mass is 10.2. The number of aromatic amines is 1. The molecule has 98 valence electrons. The van der Waals surface area contributed by atoms with Gasteiger partial charge in [0, 0.05) is 6.92 Å². The van der Waals surface area contributed by atoms with Gasteiger partial charge in [-0.15, -0.1) is 0 Å². The van der Waals surface area contributed by atoms with E-state index in [4.69, 9.17) is 4.74 Å². The maximum atomic E-state index is 11.9. The second-order valence-corrected chi connectivity index (χ2v) is 4.36. The van der Waals surface area contributed by atoms with Crippen molar-refractivity contribution < 1.29 is 14.3 Å². The first-order valence-electron chi connectivity index (χ1n) is 5.99. The molecule has 1 heterocycles. The number of hydrogen-bond acceptors (Lipinski definition) is 3. The molecule has 0 aliphatic carbocycles. The van der Waals surface area contributed by atoms with E-state index in [0.717, 1.165) is 5.56 Å². The van der Waals surface area contributed by atoms with Gasteiger partial charge < -0.3 is 9.72 Å². The van der Waals surface area contributed by atoms with Crippen molar-refractivity contribution in [3.63, 3.8) is 0 Å². The van der Waals surface area contributed by atoms with Gasteiger partial charge in [-0.2, -0.15) is 0 Å². The van der Waals surface area contributed by atoms with E-state index in [1.807, 2.05) is 30.3 Å². The predicted octanol–water partition coefficient (Wildman–Crippen LogP) is 2.88. The van der Waals surface area contributed by atoms with Crippen LogP contribution < -0.4 is 0 Å². The average Bonchev–Trinajstić information content (AvgIpc) is 2.80. The number of aryl methyl sites for hydroxylation is 1. The van der Waals surface area contributed by atoms with E-state index >= 15 is 0 Å². The molecule has 0 atom stereocenters. The van der Waals surface area contributed by atoms with Crippen LogP contribution in [0.15, 0.2) is 36.4 Å². The summed E-state index contributed by atoms with van der Waals surface area (Å²) in [4.78, 5) is 25.9. The van der Waals surface area contributed by atoms with Crippen molar-refractivity contribution in [3.8, 4) is 0 Å². The van der Waals surface area contributed by atoms with Gasteiger partial charge in [0.1, 0.15) is 12.3 Å². The number of rotatable bonds is 4. The molecule has 1 N–H and O–H groups in total. The Labute approximate surface area is 111 Å². The van der Waals surface area contributed by atoms with E-state index in [-0.39, 0.29) is 12.4 Å². The Morgan fingerprint density at radius 2 is 1.89 bits per heavy atom. The van der Waals surface area contributed by atoms with E-state index in [9.17, 15) is 9.59 Å². The number of aromatic nitrogens is 1. The molecule has 1 aromatic heterocycles. The summed E-state index contributed by atoms with van der Waals surface area (Å²) in [6, 6.07) is 11.1. The van der Waals surface area contributed by atoms with Gasteiger partial charge in [-0.25, -0.2) is 4.79 Å². The molecule has 0 unspecified atom stereocenters. The van der Waals surface area contributed by atoms with Crippen LogP contribution >= 0.6 is 0 Å². The predicted molar refractivity (Wildman–Crippen MR) is 71.1 cm³/mol. The summed E-state index contributed by atoms with van der Waals surface area (Å²) in [5.74, 6) is -0.556. The van der Waals surface area contributed by atoms with Crippen LogP contribution in [-0.4, -0.2) is 16.7 Å². The van der Waals surface area contributed by atoms with Crippen LogP contribution in [0.3, 0.4) is 0 Å². The summed E-state index contributed by atoms with van der Waals surface area (Å²) < 4.78 is 5.21. The Morgan fingerprint density at radius 3 is 2.47 bits per heavy atom. The smallest absolute Gasteiger partial charge is 0.355 e. The largest absolute Gasteiger partial charge is 0.456 e. The molecule has 0 spiro atoms. The summed E-state index contributed by atoms with van der Waals surface area (Å²) in [6.07, 6.45) is 0. The van der Waals surface area contributed by atoms with Gasteiger partial charge in [-0.3, -0.25) is 4.79 Å². The summed E-state index contributed by atoms with van der Waals surface area (Å²) in [5.41, 5.74) is 2.39. The zero-order valence-electron chi connectivity index (χ0n) is 10.9. The third-order valence-corrected chi connectivity index (χ3v) is 2.81. The number of H-pyrrole nitrogens is 1. The molecule has 4 heteroatoms. The van der Waals surface area contributed by atoms with Gasteiger partial charge in [0.2, 0.25) is 0 Å². The number of carbonyl (C=O) groups excluding carboxylic acids is 2. The number of hydrogen-bond donors (Lipinski definition) is 1. The van der Waals surface area contributed by atoms with Gasteiger partial charge in [0.15, 0.2) is 5.78 Å². The number of ether oxygens (including phenoxy) is 1. The second kappa shape index (κ2) is 5.52. The second-order valence-electron chi connectivity index (χ2n) is 4.36. The van der Waals surface area contributed by atoms with E-state index < -0.39 is 5.97 Å². The highest BCUT2D eigenvalue weighted by Crippen LogP contribution is 2.12. The molecular formula is C15H15NO3. The molecule has 4 nitrogen and oxygen atoms in total. The van der Waals surface area contributed by atoms with Crippen LogP contribution in [0.1, 0.15) is 39.0 Å². The normalized spacial score (nSPS) is 10.2. The third kappa shape index (κ3) is 3.10. The fourth-order valence-electron chi connectivity index (χ4n) is 1.75. The van der Waals surface area contributed by atoms with Gasteiger partial charge >= 0.3 is 5.97 Å². The number of Topliss-reactive ketones (excluding diaryl/α,β-unsaturated/α-hetero) is 1. The Balaban J connectivity index is 2.06. The zero-order valence-corrected chi connectivity index (χ0v) is 10.9. The van der Waals surface area contributed by atoms with Crippen molar-refractivity contribution in [1.82, 2.24) is 4.98 Å². The quantitative estimate of drug-likeness (QED) is 0.676. The highest BCUT2D eigenvalue weighted by atomic mass is 16.5. The van der Waals surface area contributed by atoms with Gasteiger partial charge in [-0.05, 0) is 24.1 Å². The number of benzene rings is 1. The molecule has 2 rings (SSSR count). The minimum atomic E-state index is -0.450. The highest BCUT2D eigenvalue weighted by Gasteiger charge is 2.15. The van der Waals surface area contributed by atoms with Gasteiger partial charge in [0.05, 0.1) is 5.69 Å². The van der Waals surface area contributed by atoms with Crippen molar-refractivity contribution >= 4 is 11.8 Å². The van der Waals surface area contributed by atoms with Crippen molar-refractivity contribution in [2.45, 2.75) is 20.5 Å². The van der Waals surface area contributed by atoms with E-state index in [1.165, 1.54) is 6.92 Å². The molecule has 0 bridgehead atoms. The molecular weight excluding hydrogens is 242 g/mol. The first-order valence-corrected chi connectivity index (χ1v) is 5.99. The Bertz CT molecular complexity index is 599. The lowest BCUT2D eigenvalue weighted by Gasteiger charge is -2.04. The van der Waals surface area contributed by atoms with Gasteiger partial charge in [0.25, 0.3) is 0 Å². The molecule has 0 aliphatic heterocycles. The third-order valence-electron chi connectivity index (χ3n) is 2.81. The topological polar surface area (TPSA) is 59.2 Å². The average molecular weight is 257 g/mol. The van der Waals surface area contributed by atoms with Crippen LogP contribution in [0.25, 0.3) is 0 Å². The molecule has 0 radical (unpaired) electrons. The fourth-order valence-corrected chi connectivity index (χ4v) is 1.75. The lowest BCUT2D eigenvalue weighted by Crippen LogP contribution is -2.07. The summed E-state index contributed by atoms with van der Waals surface area (Å²) in [5, 5.41) is 0. The maximum absolute atomic E-state index is 11.9. The monoisotopic (exact) mass is 257 g/mol. The van der Waals surface area contributed by atoms with Crippen LogP contribution in [0.4, 0.5) is 0 Å². The van der Waals surface area contributed by atoms with E-state index in [1.54, 1.807) is 13.0 Å². The summed E-state index contributed by atoms with van der Waals surface area (Å²) in [7, 11) is 0. The van der Waals surface area contributed by atoms with E-state index in [2.05, 4.69) is 4.98 Å². The molecule has 1 aromatic carbocycles. The molecule has 0 saturated carbocycles. The Morgan fingerprint density at radius 1 is 1.21 bits per heavy atom. The minimum absolute atomic E-state index is 0.106. The van der Waals surface area contributed by atoms with E-state index in [0.29, 0.717) is 17.0 Å². The molecule has 0 saturated heterocycles. The van der Waals surface area contributed by atoms with Crippen molar-refractivity contribution in [3.05, 3.63) is 58.9 Å². The van der Waals surface area contributed by atoms with Crippen molar-refractivity contribution in [1.29, 1.82) is 0 Å². The summed E-state index contributed by atoms with van der Waals surface area (Å²) >= 11 is 0. The molecule has 2 aromatic rings. The Kier molecular flexibility index (Phi) is 3.80. The SMILES string of the molecule is CC(=O)c1cc(C)c(C(=O)OCc2ccccc2)[nH]1. The van der Waals surface area contributed by atoms with Crippen LogP contribution in [0.2, 0.25) is 0 Å². The first-order chi connectivity index (χ1) is 9.08. The zero-order chi connectivity index (χ0) is 13.8. The van der Waals surface area contributed by atoms with Crippen molar-refractivity contribution in [2.75, 3.05) is 0 Å². The van der Waals surface area contributed by atoms with Gasteiger partial charge in [-0.1, -0.05) is 30.3 Å². The highest BCUT2D eigenvalue weighted by molar-refractivity contribution is 5.96. The van der Waals surface area contributed by atoms with Crippen LogP contribution in [-0.2, 0) is 11.3 Å². The van der Waals surface area contributed by atoms with Crippen molar-refractivity contribution in [2.24, 2.45) is 0 Å². The first kappa shape index (κ1) is 13.1. The molecule has 0 aliphatic rings. The maximum Gasteiger partial charge on any atom is 0.355 e. The summed E-state index contributed by atoms with van der Waals surface area (Å²) in [6.45, 7) is 3.43. The molecule has 19 heavy (non-hydrogen) atoms. The number of ketones is 1. The Hall–Kier alpha value is -2.36. The number of nitrogens with one attached hydrogen (secondary N) is 1.